The van der Waals surface area contributed by atoms with Crippen LogP contribution in [0.3, 0.4) is 0 Å². The van der Waals surface area contributed by atoms with Crippen LogP contribution in [-0.2, 0) is 6.54 Å². The van der Waals surface area contributed by atoms with Crippen LogP contribution in [0.4, 0.5) is 5.82 Å². The highest BCUT2D eigenvalue weighted by molar-refractivity contribution is 5.98. The van der Waals surface area contributed by atoms with Gasteiger partial charge in [0.1, 0.15) is 11.6 Å². The summed E-state index contributed by atoms with van der Waals surface area (Å²) in [7, 11) is 0. The highest BCUT2D eigenvalue weighted by Crippen LogP contribution is 2.25. The van der Waals surface area contributed by atoms with E-state index in [-0.39, 0.29) is 12.5 Å². The van der Waals surface area contributed by atoms with Crippen molar-refractivity contribution in [2.45, 2.75) is 33.4 Å². The average molecular weight is 444 g/mol. The first kappa shape index (κ1) is 22.1. The summed E-state index contributed by atoms with van der Waals surface area (Å²) in [6, 6.07) is 12.2. The number of ether oxygens (including phenoxy) is 1. The molecule has 3 aromatic heterocycles. The number of fused-ring (bicyclic) bond motifs is 1. The standard InChI is InChI=1S/C24H25N7O2/c1-4-33-21-9-7-19(29-30-21)14-31(16(3)23-26-10-5-11-27-23)24(32)17-6-8-20-18(13-17)12-15(2)22(25)28-20/h5-13,16H,4,14H2,1-3H3,(H2,25,28). The minimum absolute atomic E-state index is 0.179. The number of hydrogen-bond donors (Lipinski definition) is 1. The van der Waals surface area contributed by atoms with E-state index in [0.29, 0.717) is 35.4 Å². The molecule has 0 aliphatic heterocycles. The Hall–Kier alpha value is -4.14. The lowest BCUT2D eigenvalue weighted by Gasteiger charge is -2.28. The van der Waals surface area contributed by atoms with Gasteiger partial charge in [0.05, 0.1) is 30.4 Å². The molecule has 0 bridgehead atoms. The molecule has 0 saturated carbocycles. The minimum atomic E-state index is -0.394. The summed E-state index contributed by atoms with van der Waals surface area (Å²) in [5.41, 5.74) is 8.67. The number of benzene rings is 1. The number of pyridine rings is 1. The molecule has 0 aliphatic carbocycles. The molecule has 0 spiro atoms. The Bertz CT molecular complexity index is 1260. The highest BCUT2D eigenvalue weighted by atomic mass is 16.5. The number of amides is 1. The van der Waals surface area contributed by atoms with Crippen molar-refractivity contribution in [2.75, 3.05) is 12.3 Å². The molecule has 0 aliphatic rings. The maximum absolute atomic E-state index is 13.7. The van der Waals surface area contributed by atoms with Crippen LogP contribution in [0.1, 0.15) is 47.3 Å². The summed E-state index contributed by atoms with van der Waals surface area (Å²) in [6.45, 7) is 6.40. The Kier molecular flexibility index (Phi) is 6.39. The number of carbonyl (C=O) groups is 1. The van der Waals surface area contributed by atoms with E-state index in [2.05, 4.69) is 25.1 Å². The van der Waals surface area contributed by atoms with E-state index in [1.165, 1.54) is 0 Å². The number of hydrogen-bond acceptors (Lipinski definition) is 8. The van der Waals surface area contributed by atoms with Crippen molar-refractivity contribution < 1.29 is 9.53 Å². The first-order valence-electron chi connectivity index (χ1n) is 10.7. The predicted molar refractivity (Wildman–Crippen MR) is 124 cm³/mol. The number of carbonyl (C=O) groups excluding carboxylic acids is 1. The normalized spacial score (nSPS) is 11.8. The van der Waals surface area contributed by atoms with Crippen LogP contribution in [0.5, 0.6) is 5.88 Å². The van der Waals surface area contributed by atoms with Crippen LogP contribution < -0.4 is 10.5 Å². The second-order valence-electron chi connectivity index (χ2n) is 7.61. The fraction of sp³-hybridized carbons (Fsp3) is 0.250. The van der Waals surface area contributed by atoms with Gasteiger partial charge in [-0.15, -0.1) is 5.10 Å². The molecule has 33 heavy (non-hydrogen) atoms. The maximum Gasteiger partial charge on any atom is 0.254 e. The molecule has 1 atom stereocenters. The number of nitrogens with zero attached hydrogens (tertiary/aromatic N) is 6. The first-order chi connectivity index (χ1) is 16.0. The van der Waals surface area contributed by atoms with Gasteiger partial charge in [0, 0.05) is 29.4 Å². The van der Waals surface area contributed by atoms with Gasteiger partial charge in [-0.25, -0.2) is 15.0 Å². The van der Waals surface area contributed by atoms with Gasteiger partial charge in [-0.3, -0.25) is 4.79 Å². The van der Waals surface area contributed by atoms with E-state index in [9.17, 15) is 4.79 Å². The number of anilines is 1. The van der Waals surface area contributed by atoms with Crippen molar-refractivity contribution in [1.29, 1.82) is 0 Å². The molecular formula is C24H25N7O2. The zero-order valence-corrected chi connectivity index (χ0v) is 18.8. The lowest BCUT2D eigenvalue weighted by molar-refractivity contribution is 0.0663. The molecule has 1 unspecified atom stereocenters. The largest absolute Gasteiger partial charge is 0.477 e. The van der Waals surface area contributed by atoms with Crippen molar-refractivity contribution in [2.24, 2.45) is 0 Å². The van der Waals surface area contributed by atoms with Crippen molar-refractivity contribution in [3.05, 3.63) is 77.5 Å². The number of aromatic nitrogens is 5. The number of nitrogen functional groups attached to an aromatic ring is 1. The fourth-order valence-corrected chi connectivity index (χ4v) is 3.48. The van der Waals surface area contributed by atoms with Gasteiger partial charge in [0.25, 0.3) is 5.91 Å². The van der Waals surface area contributed by atoms with Crippen molar-refractivity contribution >= 4 is 22.6 Å². The number of nitrogens with two attached hydrogens (primary N) is 1. The topological polar surface area (TPSA) is 120 Å². The lowest BCUT2D eigenvalue weighted by atomic mass is 10.1. The molecular weight excluding hydrogens is 418 g/mol. The lowest BCUT2D eigenvalue weighted by Crippen LogP contribution is -2.34. The van der Waals surface area contributed by atoms with E-state index in [4.69, 9.17) is 10.5 Å². The van der Waals surface area contributed by atoms with Crippen LogP contribution in [0.15, 0.2) is 54.9 Å². The third-order valence-corrected chi connectivity index (χ3v) is 5.30. The van der Waals surface area contributed by atoms with Gasteiger partial charge in [0.2, 0.25) is 5.88 Å². The van der Waals surface area contributed by atoms with E-state index in [0.717, 1.165) is 16.5 Å². The molecule has 9 nitrogen and oxygen atoms in total. The predicted octanol–water partition coefficient (Wildman–Crippen LogP) is 3.51. The molecule has 4 aromatic rings. The van der Waals surface area contributed by atoms with Gasteiger partial charge in [-0.05, 0) is 62.7 Å². The van der Waals surface area contributed by atoms with Gasteiger partial charge < -0.3 is 15.4 Å². The summed E-state index contributed by atoms with van der Waals surface area (Å²) in [5, 5.41) is 9.15. The summed E-state index contributed by atoms with van der Waals surface area (Å²) in [4.78, 5) is 28.4. The molecule has 9 heteroatoms. The van der Waals surface area contributed by atoms with Gasteiger partial charge in [-0.1, -0.05) is 0 Å². The summed E-state index contributed by atoms with van der Waals surface area (Å²) < 4.78 is 5.37. The fourth-order valence-electron chi connectivity index (χ4n) is 3.48. The molecule has 0 radical (unpaired) electrons. The second-order valence-corrected chi connectivity index (χ2v) is 7.61. The van der Waals surface area contributed by atoms with E-state index in [1.807, 2.05) is 32.9 Å². The smallest absolute Gasteiger partial charge is 0.254 e. The summed E-state index contributed by atoms with van der Waals surface area (Å²) in [5.74, 6) is 1.28. The second kappa shape index (κ2) is 9.56. The summed E-state index contributed by atoms with van der Waals surface area (Å²) >= 11 is 0. The SMILES string of the molecule is CCOc1ccc(CN(C(=O)c2ccc3nc(N)c(C)cc3c2)C(C)c2ncccn2)nn1. The van der Waals surface area contributed by atoms with Crippen molar-refractivity contribution in [3.8, 4) is 5.88 Å². The first-order valence-corrected chi connectivity index (χ1v) is 10.7. The van der Waals surface area contributed by atoms with Gasteiger partial charge in [0.15, 0.2) is 0 Å². The van der Waals surface area contributed by atoms with Gasteiger partial charge >= 0.3 is 0 Å². The Morgan fingerprint density at radius 3 is 2.61 bits per heavy atom. The van der Waals surface area contributed by atoms with Crippen LogP contribution >= 0.6 is 0 Å². The monoisotopic (exact) mass is 443 g/mol. The number of rotatable bonds is 7. The third-order valence-electron chi connectivity index (χ3n) is 5.30. The molecule has 0 saturated heterocycles. The van der Waals surface area contributed by atoms with Crippen LogP contribution in [-0.4, -0.2) is 42.6 Å². The third kappa shape index (κ3) is 4.87. The Labute approximate surface area is 191 Å². The van der Waals surface area contributed by atoms with Crippen LogP contribution in [0, 0.1) is 6.92 Å². The Morgan fingerprint density at radius 1 is 1.12 bits per heavy atom. The molecule has 2 N–H and O–H groups in total. The maximum atomic E-state index is 13.7. The average Bonchev–Trinajstić information content (AvgIpc) is 2.84. The number of aryl methyl sites for hydroxylation is 1. The Balaban J connectivity index is 1.69. The van der Waals surface area contributed by atoms with Crippen molar-refractivity contribution in [1.82, 2.24) is 30.0 Å². The van der Waals surface area contributed by atoms with E-state index >= 15 is 0 Å². The Morgan fingerprint density at radius 2 is 1.91 bits per heavy atom. The highest BCUT2D eigenvalue weighted by Gasteiger charge is 2.26. The quantitative estimate of drug-likeness (QED) is 0.461. The minimum Gasteiger partial charge on any atom is -0.477 e. The van der Waals surface area contributed by atoms with Crippen LogP contribution in [0.25, 0.3) is 10.9 Å². The molecule has 4 rings (SSSR count). The molecule has 168 valence electrons. The summed E-state index contributed by atoms with van der Waals surface area (Å²) in [6.07, 6.45) is 3.32. The molecule has 1 aromatic carbocycles. The van der Waals surface area contributed by atoms with E-state index < -0.39 is 6.04 Å². The molecule has 0 fully saturated rings. The van der Waals surface area contributed by atoms with Gasteiger partial charge in [-0.2, -0.15) is 5.10 Å². The molecule has 3 heterocycles. The van der Waals surface area contributed by atoms with E-state index in [1.54, 1.807) is 47.6 Å². The molecule has 1 amide bonds. The zero-order chi connectivity index (χ0) is 23.4. The van der Waals surface area contributed by atoms with Crippen LogP contribution in [0.2, 0.25) is 0 Å². The van der Waals surface area contributed by atoms with Crippen molar-refractivity contribution in [3.63, 3.8) is 0 Å². The zero-order valence-electron chi connectivity index (χ0n) is 18.8.